The first-order valence-corrected chi connectivity index (χ1v) is 12.1. The van der Waals surface area contributed by atoms with Gasteiger partial charge in [0, 0.05) is 39.0 Å². The molecule has 1 amide bonds. The van der Waals surface area contributed by atoms with Gasteiger partial charge in [-0.15, -0.1) is 11.3 Å². The molecular formula is C28H22N2O4S. The Labute approximate surface area is 206 Å². The summed E-state index contributed by atoms with van der Waals surface area (Å²) >= 11 is 1.46. The minimum atomic E-state index is -0.186. The fourth-order valence-electron chi connectivity index (χ4n) is 4.31. The fraction of sp³-hybridized carbons (Fsp3) is 0.143. The lowest BCUT2D eigenvalue weighted by Crippen LogP contribution is -2.16. The monoisotopic (exact) mass is 482 g/mol. The molecular weight excluding hydrogens is 460 g/mol. The number of nitrogens with zero attached hydrogens (tertiary/aromatic N) is 1. The van der Waals surface area contributed by atoms with Crippen LogP contribution in [0.5, 0.6) is 17.2 Å². The van der Waals surface area contributed by atoms with Crippen LogP contribution in [0.1, 0.15) is 15.2 Å². The number of fused-ring (bicyclic) bond motifs is 4. The third-order valence-electron chi connectivity index (χ3n) is 6.07. The van der Waals surface area contributed by atoms with Crippen molar-refractivity contribution in [3.05, 3.63) is 77.3 Å². The van der Waals surface area contributed by atoms with E-state index in [1.807, 2.05) is 55.6 Å². The lowest BCUT2D eigenvalue weighted by Gasteiger charge is -2.19. The van der Waals surface area contributed by atoms with Crippen molar-refractivity contribution < 1.29 is 19.0 Å². The Balaban J connectivity index is 1.50. The average Bonchev–Trinajstić information content (AvgIpc) is 3.29. The minimum absolute atomic E-state index is 0.186. The Kier molecular flexibility index (Phi) is 5.26. The van der Waals surface area contributed by atoms with Gasteiger partial charge in [0.2, 0.25) is 0 Å². The van der Waals surface area contributed by atoms with Crippen molar-refractivity contribution in [2.75, 3.05) is 25.6 Å². The highest BCUT2D eigenvalue weighted by Gasteiger charge is 2.23. The van der Waals surface area contributed by atoms with E-state index in [1.165, 1.54) is 11.3 Å². The molecule has 0 atom stereocenters. The van der Waals surface area contributed by atoms with Crippen LogP contribution in [0.2, 0.25) is 0 Å². The lowest BCUT2D eigenvalue weighted by atomic mass is 10.0. The minimum Gasteiger partial charge on any atom is -0.497 e. The molecule has 7 heteroatoms. The van der Waals surface area contributed by atoms with E-state index in [0.29, 0.717) is 35.3 Å². The zero-order valence-corrected chi connectivity index (χ0v) is 20.1. The molecule has 0 aliphatic carbocycles. The molecule has 1 aliphatic rings. The van der Waals surface area contributed by atoms with Crippen LogP contribution >= 0.6 is 11.3 Å². The van der Waals surface area contributed by atoms with E-state index in [1.54, 1.807) is 13.2 Å². The largest absolute Gasteiger partial charge is 0.497 e. The molecule has 3 heterocycles. The number of benzene rings is 3. The molecule has 0 bridgehead atoms. The predicted molar refractivity (Wildman–Crippen MR) is 139 cm³/mol. The smallest absolute Gasteiger partial charge is 0.266 e. The van der Waals surface area contributed by atoms with Crippen LogP contribution in [-0.2, 0) is 0 Å². The highest BCUT2D eigenvalue weighted by Crippen LogP contribution is 2.43. The molecule has 0 unspecified atom stereocenters. The van der Waals surface area contributed by atoms with Crippen LogP contribution in [-0.4, -0.2) is 31.2 Å². The number of methoxy groups -OCH3 is 1. The molecule has 0 radical (unpaired) electrons. The second-order valence-electron chi connectivity index (χ2n) is 8.37. The zero-order valence-electron chi connectivity index (χ0n) is 19.3. The molecule has 0 spiro atoms. The molecule has 6 nitrogen and oxygen atoms in total. The van der Waals surface area contributed by atoms with Gasteiger partial charge in [-0.25, -0.2) is 0 Å². The van der Waals surface area contributed by atoms with E-state index in [-0.39, 0.29) is 5.91 Å². The average molecular weight is 483 g/mol. The van der Waals surface area contributed by atoms with Crippen molar-refractivity contribution in [3.8, 4) is 28.4 Å². The van der Waals surface area contributed by atoms with E-state index in [4.69, 9.17) is 14.2 Å². The Morgan fingerprint density at radius 2 is 1.77 bits per heavy atom. The number of carbonyl (C=O) groups excluding carboxylic acids is 1. The molecule has 3 aromatic carbocycles. The number of nitrogens with one attached hydrogen (secondary N) is 1. The summed E-state index contributed by atoms with van der Waals surface area (Å²) < 4.78 is 17.7. The fourth-order valence-corrected chi connectivity index (χ4v) is 5.53. The van der Waals surface area contributed by atoms with Gasteiger partial charge < -0.3 is 19.5 Å². The Morgan fingerprint density at radius 3 is 2.57 bits per heavy atom. The van der Waals surface area contributed by atoms with Gasteiger partial charge in [-0.05, 0) is 42.8 Å². The Hall–Kier alpha value is -4.10. The number of hydrogen-bond acceptors (Lipinski definition) is 6. The summed E-state index contributed by atoms with van der Waals surface area (Å²) in [4.78, 5) is 19.0. The molecule has 1 N–H and O–H groups in total. The standard InChI is InChI=1S/C28H22N2O4S/c1-16-3-5-17(6-4-16)25-21-15-29-22-9-8-19(32-2)14-20(22)26(21)35-27(25)28(31)30-18-7-10-23-24(13-18)34-12-11-33-23/h3-10,13-15H,11-12H2,1-2H3,(H,30,31). The van der Waals surface area contributed by atoms with Crippen molar-refractivity contribution >= 4 is 43.9 Å². The maximum atomic E-state index is 13.7. The normalized spacial score (nSPS) is 12.6. The number of anilines is 1. The predicted octanol–water partition coefficient (Wildman–Crippen LogP) is 6.46. The van der Waals surface area contributed by atoms with Gasteiger partial charge in [-0.3, -0.25) is 9.78 Å². The van der Waals surface area contributed by atoms with E-state index in [0.717, 1.165) is 43.4 Å². The van der Waals surface area contributed by atoms with Gasteiger partial charge in [0.15, 0.2) is 11.5 Å². The van der Waals surface area contributed by atoms with Gasteiger partial charge in [-0.2, -0.15) is 0 Å². The second-order valence-corrected chi connectivity index (χ2v) is 9.39. The molecule has 174 valence electrons. The third kappa shape index (κ3) is 3.84. The van der Waals surface area contributed by atoms with Crippen molar-refractivity contribution in [1.29, 1.82) is 0 Å². The van der Waals surface area contributed by atoms with Gasteiger partial charge in [0.05, 0.1) is 12.6 Å². The van der Waals surface area contributed by atoms with Gasteiger partial charge in [0.25, 0.3) is 5.91 Å². The van der Waals surface area contributed by atoms with Crippen LogP contribution in [0.4, 0.5) is 5.69 Å². The Bertz CT molecular complexity index is 1590. The zero-order chi connectivity index (χ0) is 23.9. The molecule has 0 fully saturated rings. The summed E-state index contributed by atoms with van der Waals surface area (Å²) in [7, 11) is 1.65. The number of aromatic nitrogens is 1. The van der Waals surface area contributed by atoms with Crippen LogP contribution in [0, 0.1) is 6.92 Å². The SMILES string of the molecule is COc1ccc2ncc3c(-c4ccc(C)cc4)c(C(=O)Nc4ccc5c(c4)OCCO5)sc3c2c1. The van der Waals surface area contributed by atoms with Crippen LogP contribution < -0.4 is 19.5 Å². The van der Waals surface area contributed by atoms with E-state index < -0.39 is 0 Å². The maximum absolute atomic E-state index is 13.7. The van der Waals surface area contributed by atoms with Crippen molar-refractivity contribution in [1.82, 2.24) is 4.98 Å². The molecule has 35 heavy (non-hydrogen) atoms. The summed E-state index contributed by atoms with van der Waals surface area (Å²) in [5.41, 5.74) is 4.50. The van der Waals surface area contributed by atoms with Crippen LogP contribution in [0.3, 0.4) is 0 Å². The number of ether oxygens (including phenoxy) is 3. The Morgan fingerprint density at radius 1 is 0.971 bits per heavy atom. The molecule has 0 saturated carbocycles. The molecule has 5 aromatic rings. The first-order chi connectivity index (χ1) is 17.1. The summed E-state index contributed by atoms with van der Waals surface area (Å²) in [5, 5.41) is 4.95. The van der Waals surface area contributed by atoms with Crippen LogP contribution in [0.25, 0.3) is 32.1 Å². The van der Waals surface area contributed by atoms with E-state index >= 15 is 0 Å². The number of aryl methyl sites for hydroxylation is 1. The van der Waals surface area contributed by atoms with Crippen molar-refractivity contribution in [2.45, 2.75) is 6.92 Å². The van der Waals surface area contributed by atoms with E-state index in [9.17, 15) is 4.79 Å². The topological polar surface area (TPSA) is 69.7 Å². The maximum Gasteiger partial charge on any atom is 0.266 e. The van der Waals surface area contributed by atoms with Gasteiger partial charge in [-0.1, -0.05) is 29.8 Å². The van der Waals surface area contributed by atoms with Gasteiger partial charge in [0.1, 0.15) is 23.8 Å². The van der Waals surface area contributed by atoms with Crippen molar-refractivity contribution in [2.24, 2.45) is 0 Å². The molecule has 1 aliphatic heterocycles. The summed E-state index contributed by atoms with van der Waals surface area (Å²) in [6.07, 6.45) is 1.86. The summed E-state index contributed by atoms with van der Waals surface area (Å²) in [6, 6.07) is 19.5. The summed E-state index contributed by atoms with van der Waals surface area (Å²) in [5.74, 6) is 1.88. The second kappa shape index (κ2) is 8.60. The number of thiophene rings is 1. The molecule has 6 rings (SSSR count). The van der Waals surface area contributed by atoms with Crippen LogP contribution in [0.15, 0.2) is 66.9 Å². The number of rotatable bonds is 4. The van der Waals surface area contributed by atoms with Gasteiger partial charge >= 0.3 is 0 Å². The highest BCUT2D eigenvalue weighted by molar-refractivity contribution is 7.22. The number of amides is 1. The molecule has 0 saturated heterocycles. The number of carbonyl (C=O) groups is 1. The third-order valence-corrected chi connectivity index (χ3v) is 7.31. The van der Waals surface area contributed by atoms with Crippen molar-refractivity contribution in [3.63, 3.8) is 0 Å². The first-order valence-electron chi connectivity index (χ1n) is 11.3. The quantitative estimate of drug-likeness (QED) is 0.318. The molecule has 2 aromatic heterocycles. The first kappa shape index (κ1) is 21.4. The summed E-state index contributed by atoms with van der Waals surface area (Å²) in [6.45, 7) is 3.06. The highest BCUT2D eigenvalue weighted by atomic mass is 32.1. The van der Waals surface area contributed by atoms with E-state index in [2.05, 4.69) is 22.4 Å². The lowest BCUT2D eigenvalue weighted by molar-refractivity contribution is 0.103. The number of pyridine rings is 1. The number of hydrogen-bond donors (Lipinski definition) is 1.